The summed E-state index contributed by atoms with van der Waals surface area (Å²) in [5.74, 6) is -0.320. The highest BCUT2D eigenvalue weighted by atomic mass is 79.9. The highest BCUT2D eigenvalue weighted by Gasteiger charge is 2.20. The SMILES string of the molecule is O=C(NCc1ccccc1)c1csc(CN(Cc2ccccc2)C(=O)c2cccc(Br)c2)n1. The Morgan fingerprint density at radius 1 is 0.879 bits per heavy atom. The van der Waals surface area contributed by atoms with Crippen molar-refractivity contribution in [2.75, 3.05) is 0 Å². The summed E-state index contributed by atoms with van der Waals surface area (Å²) in [4.78, 5) is 32.1. The fourth-order valence-corrected chi connectivity index (χ4v) is 4.52. The number of carbonyl (C=O) groups is 2. The van der Waals surface area contributed by atoms with Crippen molar-refractivity contribution in [1.29, 1.82) is 0 Å². The van der Waals surface area contributed by atoms with Crippen LogP contribution >= 0.6 is 27.3 Å². The Balaban J connectivity index is 1.48. The Morgan fingerprint density at radius 2 is 1.58 bits per heavy atom. The predicted octanol–water partition coefficient (Wildman–Crippen LogP) is 5.68. The normalized spacial score (nSPS) is 10.6. The summed E-state index contributed by atoms with van der Waals surface area (Å²) in [7, 11) is 0. The van der Waals surface area contributed by atoms with Gasteiger partial charge in [-0.05, 0) is 29.3 Å². The average molecular weight is 520 g/mol. The minimum absolute atomic E-state index is 0.0922. The third kappa shape index (κ3) is 6.37. The van der Waals surface area contributed by atoms with E-state index in [0.717, 1.165) is 15.6 Å². The summed E-state index contributed by atoms with van der Waals surface area (Å²) in [5.41, 5.74) is 3.01. The number of hydrogen-bond donors (Lipinski definition) is 1. The number of amides is 2. The smallest absolute Gasteiger partial charge is 0.271 e. The van der Waals surface area contributed by atoms with Gasteiger partial charge in [-0.25, -0.2) is 4.98 Å². The van der Waals surface area contributed by atoms with Crippen LogP contribution in [0.1, 0.15) is 37.0 Å². The van der Waals surface area contributed by atoms with Crippen molar-refractivity contribution >= 4 is 39.1 Å². The Bertz CT molecular complexity index is 1230. The molecule has 3 aromatic carbocycles. The van der Waals surface area contributed by atoms with Crippen molar-refractivity contribution in [1.82, 2.24) is 15.2 Å². The largest absolute Gasteiger partial charge is 0.347 e. The Hall–Kier alpha value is -3.29. The van der Waals surface area contributed by atoms with Crippen molar-refractivity contribution in [3.8, 4) is 0 Å². The van der Waals surface area contributed by atoms with E-state index in [2.05, 4.69) is 26.2 Å². The number of aromatic nitrogens is 1. The van der Waals surface area contributed by atoms with Crippen molar-refractivity contribution < 1.29 is 9.59 Å². The monoisotopic (exact) mass is 519 g/mol. The summed E-state index contributed by atoms with van der Waals surface area (Å²) in [6.45, 7) is 1.20. The van der Waals surface area contributed by atoms with Crippen LogP contribution in [0.2, 0.25) is 0 Å². The van der Waals surface area contributed by atoms with Gasteiger partial charge in [0, 0.05) is 28.5 Å². The van der Waals surface area contributed by atoms with Crippen LogP contribution in [0.4, 0.5) is 0 Å². The summed E-state index contributed by atoms with van der Waals surface area (Å²) in [6.07, 6.45) is 0. The lowest BCUT2D eigenvalue weighted by atomic mass is 10.1. The summed E-state index contributed by atoms with van der Waals surface area (Å²) >= 11 is 4.82. The van der Waals surface area contributed by atoms with Crippen molar-refractivity contribution in [3.05, 3.63) is 122 Å². The van der Waals surface area contributed by atoms with Gasteiger partial charge in [0.25, 0.3) is 11.8 Å². The van der Waals surface area contributed by atoms with Gasteiger partial charge in [-0.2, -0.15) is 0 Å². The number of thiazole rings is 1. The van der Waals surface area contributed by atoms with Gasteiger partial charge in [0.1, 0.15) is 10.7 Å². The average Bonchev–Trinajstić information content (AvgIpc) is 3.32. The molecule has 0 spiro atoms. The van der Waals surface area contributed by atoms with Crippen LogP contribution in [0.3, 0.4) is 0 Å². The quantitative estimate of drug-likeness (QED) is 0.325. The minimum atomic E-state index is -0.228. The van der Waals surface area contributed by atoms with E-state index in [1.807, 2.05) is 78.9 Å². The molecule has 2 amide bonds. The fourth-order valence-electron chi connectivity index (χ4n) is 3.33. The molecule has 0 aliphatic rings. The van der Waals surface area contributed by atoms with E-state index >= 15 is 0 Å². The molecule has 4 aromatic rings. The first-order valence-electron chi connectivity index (χ1n) is 10.4. The first kappa shape index (κ1) is 22.9. The Kier molecular flexibility index (Phi) is 7.65. The first-order valence-corrected chi connectivity index (χ1v) is 12.1. The van der Waals surface area contributed by atoms with E-state index in [1.165, 1.54) is 11.3 Å². The fraction of sp³-hybridized carbons (Fsp3) is 0.115. The maximum absolute atomic E-state index is 13.3. The van der Waals surface area contributed by atoms with Crippen molar-refractivity contribution in [3.63, 3.8) is 0 Å². The van der Waals surface area contributed by atoms with E-state index in [-0.39, 0.29) is 11.8 Å². The van der Waals surface area contributed by atoms with Crippen LogP contribution in [0.5, 0.6) is 0 Å². The maximum Gasteiger partial charge on any atom is 0.271 e. The number of nitrogens with one attached hydrogen (secondary N) is 1. The lowest BCUT2D eigenvalue weighted by Crippen LogP contribution is -2.30. The first-order chi connectivity index (χ1) is 16.1. The van der Waals surface area contributed by atoms with Gasteiger partial charge in [-0.15, -0.1) is 11.3 Å². The summed E-state index contributed by atoms with van der Waals surface area (Å²) < 4.78 is 0.847. The molecule has 1 N–H and O–H groups in total. The minimum Gasteiger partial charge on any atom is -0.347 e. The third-order valence-electron chi connectivity index (χ3n) is 4.98. The highest BCUT2D eigenvalue weighted by Crippen LogP contribution is 2.19. The molecular weight excluding hydrogens is 498 g/mol. The molecule has 0 atom stereocenters. The van der Waals surface area contributed by atoms with Crippen LogP contribution in [0.25, 0.3) is 0 Å². The van der Waals surface area contributed by atoms with Gasteiger partial charge in [0.05, 0.1) is 6.54 Å². The zero-order chi connectivity index (χ0) is 23.0. The standard InChI is InChI=1S/C26H22BrN3O2S/c27-22-13-7-12-21(14-22)26(32)30(16-20-10-5-2-6-11-20)17-24-29-23(18-33-24)25(31)28-15-19-8-3-1-4-9-19/h1-14,18H,15-17H2,(H,28,31). The van der Waals surface area contributed by atoms with Gasteiger partial charge in [0.15, 0.2) is 0 Å². The zero-order valence-electron chi connectivity index (χ0n) is 17.8. The summed E-state index contributed by atoms with van der Waals surface area (Å²) in [5, 5.41) is 5.34. The van der Waals surface area contributed by atoms with E-state index in [0.29, 0.717) is 35.9 Å². The predicted molar refractivity (Wildman–Crippen MR) is 134 cm³/mol. The van der Waals surface area contributed by atoms with Crippen LogP contribution in [0, 0.1) is 0 Å². The number of benzene rings is 3. The molecule has 0 saturated carbocycles. The number of hydrogen-bond acceptors (Lipinski definition) is 4. The molecule has 5 nitrogen and oxygen atoms in total. The molecule has 7 heteroatoms. The molecule has 0 aliphatic carbocycles. The van der Waals surface area contributed by atoms with Crippen LogP contribution in [-0.4, -0.2) is 21.7 Å². The second-order valence-corrected chi connectivity index (χ2v) is 9.31. The van der Waals surface area contributed by atoms with Crippen molar-refractivity contribution in [2.45, 2.75) is 19.6 Å². The van der Waals surface area contributed by atoms with Gasteiger partial charge < -0.3 is 10.2 Å². The highest BCUT2D eigenvalue weighted by molar-refractivity contribution is 9.10. The molecule has 1 heterocycles. The van der Waals surface area contributed by atoms with Crippen LogP contribution in [0.15, 0.2) is 94.8 Å². The van der Waals surface area contributed by atoms with Crippen LogP contribution < -0.4 is 5.32 Å². The van der Waals surface area contributed by atoms with E-state index in [4.69, 9.17) is 0 Å². The van der Waals surface area contributed by atoms with E-state index < -0.39 is 0 Å². The Morgan fingerprint density at radius 3 is 2.27 bits per heavy atom. The second kappa shape index (κ2) is 11.0. The molecule has 0 radical (unpaired) electrons. The Labute approximate surface area is 205 Å². The van der Waals surface area contributed by atoms with E-state index in [9.17, 15) is 9.59 Å². The number of carbonyl (C=O) groups excluding carboxylic acids is 2. The molecule has 0 bridgehead atoms. The van der Waals surface area contributed by atoms with Crippen LogP contribution in [-0.2, 0) is 19.6 Å². The molecular formula is C26H22BrN3O2S. The molecule has 166 valence electrons. The topological polar surface area (TPSA) is 62.3 Å². The second-order valence-electron chi connectivity index (χ2n) is 7.45. The molecule has 0 aliphatic heterocycles. The molecule has 33 heavy (non-hydrogen) atoms. The van der Waals surface area contributed by atoms with Gasteiger partial charge in [0.2, 0.25) is 0 Å². The number of nitrogens with zero attached hydrogens (tertiary/aromatic N) is 2. The third-order valence-corrected chi connectivity index (χ3v) is 6.31. The summed E-state index contributed by atoms with van der Waals surface area (Å²) in [6, 6.07) is 26.9. The van der Waals surface area contributed by atoms with Gasteiger partial charge >= 0.3 is 0 Å². The number of halogens is 1. The molecule has 0 saturated heterocycles. The van der Waals surface area contributed by atoms with Crippen molar-refractivity contribution in [2.24, 2.45) is 0 Å². The number of rotatable bonds is 8. The molecule has 4 rings (SSSR count). The lowest BCUT2D eigenvalue weighted by Gasteiger charge is -2.22. The van der Waals surface area contributed by atoms with Gasteiger partial charge in [-0.1, -0.05) is 82.7 Å². The zero-order valence-corrected chi connectivity index (χ0v) is 20.2. The van der Waals surface area contributed by atoms with E-state index in [1.54, 1.807) is 16.3 Å². The molecule has 0 unspecified atom stereocenters. The molecule has 1 aromatic heterocycles. The maximum atomic E-state index is 13.3. The van der Waals surface area contributed by atoms with Gasteiger partial charge in [-0.3, -0.25) is 9.59 Å². The molecule has 0 fully saturated rings. The lowest BCUT2D eigenvalue weighted by molar-refractivity contribution is 0.0730.